The number of amides is 1. The number of para-hydroxylation sites is 1. The molecule has 0 spiro atoms. The van der Waals surface area contributed by atoms with Crippen molar-refractivity contribution >= 4 is 27.3 Å². The molecule has 0 radical (unpaired) electrons. The van der Waals surface area contributed by atoms with Gasteiger partial charge in [-0.3, -0.25) is 4.79 Å². The zero-order valence-corrected chi connectivity index (χ0v) is 21.2. The minimum Gasteiger partial charge on any atom is -0.372 e. The van der Waals surface area contributed by atoms with Crippen molar-refractivity contribution in [1.29, 1.82) is 0 Å². The highest BCUT2D eigenvalue weighted by Crippen LogP contribution is 2.45. The van der Waals surface area contributed by atoms with Crippen molar-refractivity contribution in [3.05, 3.63) is 89.5 Å². The fourth-order valence-electron chi connectivity index (χ4n) is 6.01. The van der Waals surface area contributed by atoms with Crippen molar-refractivity contribution in [3.63, 3.8) is 0 Å². The van der Waals surface area contributed by atoms with Gasteiger partial charge in [0.1, 0.15) is 0 Å². The van der Waals surface area contributed by atoms with Gasteiger partial charge in [0.05, 0.1) is 17.1 Å². The fraction of sp³-hybridized carbons (Fsp3) is 0.321. The third kappa shape index (κ3) is 4.12. The Labute approximate surface area is 216 Å². The lowest BCUT2D eigenvalue weighted by molar-refractivity contribution is -0.132. The van der Waals surface area contributed by atoms with E-state index in [1.165, 1.54) is 42.8 Å². The molecule has 3 heterocycles. The molecule has 3 unspecified atom stereocenters. The smallest absolute Gasteiger partial charge is 0.268 e. The Morgan fingerprint density at radius 3 is 2.43 bits per heavy atom. The SMILES string of the molecule is NS(=O)(=O)c1ccc(C2(O)C(=O)N(Cc3ccc(N4CC5CCCNC5C4)cc3)c3ccccc32)cc1. The number of aliphatic hydroxyl groups is 1. The largest absolute Gasteiger partial charge is 0.372 e. The summed E-state index contributed by atoms with van der Waals surface area (Å²) in [6, 6.07) is 21.5. The van der Waals surface area contributed by atoms with E-state index >= 15 is 0 Å². The molecule has 2 saturated heterocycles. The van der Waals surface area contributed by atoms with Crippen LogP contribution in [0, 0.1) is 5.92 Å². The minimum atomic E-state index is -3.89. The Morgan fingerprint density at radius 2 is 1.73 bits per heavy atom. The van der Waals surface area contributed by atoms with Crippen LogP contribution in [0.25, 0.3) is 0 Å². The monoisotopic (exact) mass is 518 g/mol. The van der Waals surface area contributed by atoms with Gasteiger partial charge >= 0.3 is 0 Å². The number of primary sulfonamides is 1. The van der Waals surface area contributed by atoms with Crippen LogP contribution < -0.4 is 20.3 Å². The molecule has 0 aromatic heterocycles. The molecule has 8 nitrogen and oxygen atoms in total. The Kier molecular flexibility index (Phi) is 5.83. The number of hydrogen-bond acceptors (Lipinski definition) is 6. The van der Waals surface area contributed by atoms with Gasteiger partial charge in [0, 0.05) is 30.4 Å². The molecule has 0 bridgehead atoms. The number of piperidine rings is 1. The summed E-state index contributed by atoms with van der Waals surface area (Å²) in [6.45, 7) is 3.48. The average Bonchev–Trinajstić information content (AvgIpc) is 3.43. The molecular weight excluding hydrogens is 488 g/mol. The van der Waals surface area contributed by atoms with Crippen molar-refractivity contribution < 1.29 is 18.3 Å². The molecule has 3 aromatic carbocycles. The van der Waals surface area contributed by atoms with E-state index in [1.807, 2.05) is 24.3 Å². The molecule has 9 heteroatoms. The van der Waals surface area contributed by atoms with Gasteiger partial charge < -0.3 is 20.2 Å². The van der Waals surface area contributed by atoms with Crippen LogP contribution in [-0.2, 0) is 27.0 Å². The molecule has 0 saturated carbocycles. The first-order valence-corrected chi connectivity index (χ1v) is 14.1. The predicted molar refractivity (Wildman–Crippen MR) is 142 cm³/mol. The highest BCUT2D eigenvalue weighted by molar-refractivity contribution is 7.89. The van der Waals surface area contributed by atoms with E-state index in [4.69, 9.17) is 5.14 Å². The van der Waals surface area contributed by atoms with Crippen molar-refractivity contribution in [2.75, 3.05) is 29.4 Å². The lowest BCUT2D eigenvalue weighted by Crippen LogP contribution is -2.41. The number of nitrogens with one attached hydrogen (secondary N) is 1. The zero-order valence-electron chi connectivity index (χ0n) is 20.4. The molecule has 3 aromatic rings. The molecule has 37 heavy (non-hydrogen) atoms. The molecular formula is C28H30N4O4S. The van der Waals surface area contributed by atoms with Crippen LogP contribution in [0.1, 0.15) is 29.5 Å². The Bertz CT molecular complexity index is 1430. The lowest BCUT2D eigenvalue weighted by atomic mass is 9.87. The minimum absolute atomic E-state index is 0.0800. The summed E-state index contributed by atoms with van der Waals surface area (Å²) in [4.78, 5) is 17.6. The van der Waals surface area contributed by atoms with Crippen LogP contribution in [0.5, 0.6) is 0 Å². The van der Waals surface area contributed by atoms with Crippen LogP contribution in [-0.4, -0.2) is 45.1 Å². The van der Waals surface area contributed by atoms with Gasteiger partial charge in [0.25, 0.3) is 5.91 Å². The lowest BCUT2D eigenvalue weighted by Gasteiger charge is -2.24. The van der Waals surface area contributed by atoms with E-state index < -0.39 is 21.5 Å². The summed E-state index contributed by atoms with van der Waals surface area (Å²) in [7, 11) is -3.89. The van der Waals surface area contributed by atoms with Crippen molar-refractivity contribution in [2.24, 2.45) is 11.1 Å². The van der Waals surface area contributed by atoms with Gasteiger partial charge in [-0.1, -0.05) is 42.5 Å². The first-order valence-electron chi connectivity index (χ1n) is 12.6. The molecule has 1 amide bonds. The summed E-state index contributed by atoms with van der Waals surface area (Å²) >= 11 is 0. The number of anilines is 2. The summed E-state index contributed by atoms with van der Waals surface area (Å²) in [5.41, 5.74) is 1.59. The summed E-state index contributed by atoms with van der Waals surface area (Å²) in [6.07, 6.45) is 2.51. The first kappa shape index (κ1) is 24.1. The summed E-state index contributed by atoms with van der Waals surface area (Å²) in [5, 5.41) is 20.6. The Balaban J connectivity index is 1.25. The Morgan fingerprint density at radius 1 is 1.00 bits per heavy atom. The highest BCUT2D eigenvalue weighted by Gasteiger charge is 2.51. The number of nitrogens with zero attached hydrogens (tertiary/aromatic N) is 2. The number of nitrogens with two attached hydrogens (primary N) is 1. The standard InChI is InChI=1S/C28H30N4O4S/c29-37(35,36)23-13-9-21(10-14-23)28(34)24-5-1-2-6-26(24)32(27(28)33)16-19-7-11-22(12-8-19)31-17-20-4-3-15-30-25(20)18-31/h1-2,5-14,20,25,30,34H,3-4,15-18H2,(H2,29,35,36). The number of sulfonamides is 1. The van der Waals surface area contributed by atoms with Crippen LogP contribution >= 0.6 is 0 Å². The van der Waals surface area contributed by atoms with Gasteiger partial charge in [-0.25, -0.2) is 13.6 Å². The van der Waals surface area contributed by atoms with Crippen LogP contribution in [0.4, 0.5) is 11.4 Å². The molecule has 192 valence electrons. The number of fused-ring (bicyclic) bond motifs is 2. The third-order valence-corrected chi connectivity index (χ3v) is 8.91. The number of benzene rings is 3. The van der Waals surface area contributed by atoms with Crippen LogP contribution in [0.2, 0.25) is 0 Å². The van der Waals surface area contributed by atoms with E-state index in [1.54, 1.807) is 17.0 Å². The third-order valence-electron chi connectivity index (χ3n) is 7.98. The van der Waals surface area contributed by atoms with E-state index in [0.29, 0.717) is 35.3 Å². The highest BCUT2D eigenvalue weighted by atomic mass is 32.2. The van der Waals surface area contributed by atoms with E-state index in [2.05, 4.69) is 22.3 Å². The molecule has 4 N–H and O–H groups in total. The molecule has 2 fully saturated rings. The van der Waals surface area contributed by atoms with E-state index in [9.17, 15) is 18.3 Å². The van der Waals surface area contributed by atoms with Crippen LogP contribution in [0.15, 0.2) is 77.7 Å². The normalized spacial score (nSPS) is 25.3. The van der Waals surface area contributed by atoms with Crippen molar-refractivity contribution in [3.8, 4) is 0 Å². The first-order chi connectivity index (χ1) is 17.7. The quantitative estimate of drug-likeness (QED) is 0.477. The number of carbonyl (C=O) groups is 1. The maximum atomic E-state index is 13.7. The second-order valence-electron chi connectivity index (χ2n) is 10.2. The summed E-state index contributed by atoms with van der Waals surface area (Å²) in [5.74, 6) is 0.222. The summed E-state index contributed by atoms with van der Waals surface area (Å²) < 4.78 is 23.3. The van der Waals surface area contributed by atoms with E-state index in [0.717, 1.165) is 25.2 Å². The van der Waals surface area contributed by atoms with Crippen molar-refractivity contribution in [2.45, 2.75) is 35.9 Å². The topological polar surface area (TPSA) is 116 Å². The zero-order chi connectivity index (χ0) is 25.8. The predicted octanol–water partition coefficient (Wildman–Crippen LogP) is 2.30. The molecule has 3 aliphatic heterocycles. The molecule has 3 atom stereocenters. The van der Waals surface area contributed by atoms with Gasteiger partial charge in [0.15, 0.2) is 5.60 Å². The van der Waals surface area contributed by atoms with Crippen LogP contribution in [0.3, 0.4) is 0 Å². The Hall–Kier alpha value is -3.24. The van der Waals surface area contributed by atoms with E-state index in [-0.39, 0.29) is 4.90 Å². The van der Waals surface area contributed by atoms with Gasteiger partial charge in [-0.15, -0.1) is 0 Å². The van der Waals surface area contributed by atoms with Crippen molar-refractivity contribution in [1.82, 2.24) is 5.32 Å². The number of carbonyl (C=O) groups excluding carboxylic acids is 1. The molecule has 6 rings (SSSR count). The molecule has 0 aliphatic carbocycles. The average molecular weight is 519 g/mol. The second kappa shape index (κ2) is 8.95. The number of hydrogen-bond donors (Lipinski definition) is 3. The van der Waals surface area contributed by atoms with Gasteiger partial charge in [0.2, 0.25) is 10.0 Å². The molecule has 3 aliphatic rings. The van der Waals surface area contributed by atoms with Gasteiger partial charge in [-0.05, 0) is 66.8 Å². The maximum Gasteiger partial charge on any atom is 0.268 e. The second-order valence-corrected chi connectivity index (χ2v) is 11.8. The number of rotatable bonds is 5. The maximum absolute atomic E-state index is 13.7. The van der Waals surface area contributed by atoms with Gasteiger partial charge in [-0.2, -0.15) is 0 Å². The fourth-order valence-corrected chi connectivity index (χ4v) is 6.52.